The summed E-state index contributed by atoms with van der Waals surface area (Å²) in [6, 6.07) is 1.11. The molecule has 0 aromatic heterocycles. The van der Waals surface area contributed by atoms with E-state index in [-0.39, 0.29) is 5.75 Å². The van der Waals surface area contributed by atoms with Crippen molar-refractivity contribution in [3.63, 3.8) is 0 Å². The molecule has 0 fully saturated rings. The second-order valence-corrected chi connectivity index (χ2v) is 15.3. The molecule has 0 aromatic rings. The van der Waals surface area contributed by atoms with Crippen LogP contribution in [0.5, 0.6) is 0 Å². The molecule has 3 nitrogen and oxygen atoms in total. The molecule has 18 heavy (non-hydrogen) atoms. The van der Waals surface area contributed by atoms with Gasteiger partial charge in [-0.1, -0.05) is 60.6 Å². The first-order chi connectivity index (χ1) is 7.71. The van der Waals surface area contributed by atoms with Crippen LogP contribution in [0.25, 0.3) is 0 Å². The minimum atomic E-state index is -3.80. The van der Waals surface area contributed by atoms with E-state index in [2.05, 4.69) is 48.1 Å². The smallest absolute Gasteiger partial charge is 0.264 e. The van der Waals surface area contributed by atoms with Gasteiger partial charge in [0.1, 0.15) is 0 Å². The first-order valence-corrected chi connectivity index (χ1v) is 11.0. The Balaban J connectivity index is 4.67. The van der Waals surface area contributed by atoms with Crippen molar-refractivity contribution in [3.8, 4) is 0 Å². The van der Waals surface area contributed by atoms with Gasteiger partial charge >= 0.3 is 0 Å². The Bertz CT molecular complexity index is 347. The molecule has 0 heterocycles. The van der Waals surface area contributed by atoms with Crippen molar-refractivity contribution in [2.45, 2.75) is 77.1 Å². The Hall–Kier alpha value is 0.127. The van der Waals surface area contributed by atoms with E-state index in [1.54, 1.807) is 0 Å². The van der Waals surface area contributed by atoms with Crippen LogP contribution in [-0.2, 0) is 10.1 Å². The van der Waals surface area contributed by atoms with Crippen molar-refractivity contribution >= 4 is 18.2 Å². The number of hydrogen-bond acceptors (Lipinski definition) is 2. The van der Waals surface area contributed by atoms with Crippen molar-refractivity contribution in [1.29, 1.82) is 0 Å². The Morgan fingerprint density at radius 2 is 1.33 bits per heavy atom. The summed E-state index contributed by atoms with van der Waals surface area (Å²) in [5.41, 5.74) is 0. The quantitative estimate of drug-likeness (QED) is 0.466. The third-order valence-corrected chi connectivity index (χ3v) is 13.4. The molecule has 0 bridgehead atoms. The summed E-state index contributed by atoms with van der Waals surface area (Å²) in [4.78, 5) is 0. The summed E-state index contributed by atoms with van der Waals surface area (Å²) in [6.45, 7) is 16.2. The molecule has 0 aromatic carbocycles. The standard InChI is InChI=1S/C13H30O3SSi/c1-12(2,3)18(7,13(4,5)6)11-9-8-10-17(14,15)16/h8-11H2,1-7H3,(H,14,15,16). The molecular weight excluding hydrogens is 264 g/mol. The zero-order valence-corrected chi connectivity index (χ0v) is 14.8. The van der Waals surface area contributed by atoms with Crippen LogP contribution in [0, 0.1) is 0 Å². The van der Waals surface area contributed by atoms with Gasteiger partial charge in [-0.05, 0) is 16.5 Å². The molecule has 0 rings (SSSR count). The average molecular weight is 295 g/mol. The van der Waals surface area contributed by atoms with Gasteiger partial charge in [0.05, 0.1) is 13.8 Å². The maximum absolute atomic E-state index is 10.7. The molecule has 110 valence electrons. The summed E-state index contributed by atoms with van der Waals surface area (Å²) in [6.07, 6.45) is 1.45. The van der Waals surface area contributed by atoms with Crippen LogP contribution < -0.4 is 0 Å². The second-order valence-electron chi connectivity index (χ2n) is 7.58. The molecule has 5 heteroatoms. The Labute approximate surface area is 114 Å². The normalized spacial score (nSPS) is 14.9. The van der Waals surface area contributed by atoms with Gasteiger partial charge in [0.2, 0.25) is 0 Å². The molecule has 0 amide bonds. The highest BCUT2D eigenvalue weighted by atomic mass is 32.2. The van der Waals surface area contributed by atoms with Gasteiger partial charge in [0, 0.05) is 0 Å². The van der Waals surface area contributed by atoms with Crippen LogP contribution >= 0.6 is 0 Å². The SMILES string of the molecule is CC(C)(C)[Si](C)(CCCCS(=O)(=O)O)C(C)(C)C. The molecule has 0 aliphatic rings. The highest BCUT2D eigenvalue weighted by molar-refractivity contribution is 7.85. The van der Waals surface area contributed by atoms with Gasteiger partial charge in [0.25, 0.3) is 10.1 Å². The van der Waals surface area contributed by atoms with Crippen molar-refractivity contribution in [2.24, 2.45) is 0 Å². The van der Waals surface area contributed by atoms with E-state index in [9.17, 15) is 8.42 Å². The maximum atomic E-state index is 10.7. The van der Waals surface area contributed by atoms with Crippen molar-refractivity contribution in [2.75, 3.05) is 5.75 Å². The van der Waals surface area contributed by atoms with Gasteiger partial charge in [0.15, 0.2) is 0 Å². The Kier molecular flexibility index (Phi) is 5.67. The fourth-order valence-corrected chi connectivity index (χ4v) is 7.91. The monoisotopic (exact) mass is 294 g/mol. The number of hydrogen-bond donors (Lipinski definition) is 1. The topological polar surface area (TPSA) is 54.4 Å². The number of rotatable bonds is 5. The molecular formula is C13H30O3SSi. The zero-order valence-electron chi connectivity index (χ0n) is 13.0. The largest absolute Gasteiger partial charge is 0.286 e. The summed E-state index contributed by atoms with van der Waals surface area (Å²) in [7, 11) is -5.32. The van der Waals surface area contributed by atoms with E-state index in [1.165, 1.54) is 0 Å². The highest BCUT2D eigenvalue weighted by Crippen LogP contribution is 2.53. The summed E-state index contributed by atoms with van der Waals surface area (Å²) >= 11 is 0. The van der Waals surface area contributed by atoms with Gasteiger partial charge in [-0.3, -0.25) is 4.55 Å². The van der Waals surface area contributed by atoms with Crippen molar-refractivity contribution < 1.29 is 13.0 Å². The summed E-state index contributed by atoms with van der Waals surface area (Å²) in [5.74, 6) is -0.105. The van der Waals surface area contributed by atoms with Crippen LogP contribution in [0.2, 0.25) is 22.7 Å². The van der Waals surface area contributed by atoms with E-state index < -0.39 is 18.2 Å². The Morgan fingerprint density at radius 1 is 0.944 bits per heavy atom. The van der Waals surface area contributed by atoms with E-state index >= 15 is 0 Å². The van der Waals surface area contributed by atoms with Gasteiger partial charge in [-0.2, -0.15) is 8.42 Å². The minimum absolute atomic E-state index is 0.105. The lowest BCUT2D eigenvalue weighted by atomic mass is 10.2. The molecule has 0 aliphatic heterocycles. The van der Waals surface area contributed by atoms with Crippen LogP contribution in [0.4, 0.5) is 0 Å². The van der Waals surface area contributed by atoms with E-state index in [1.807, 2.05) is 0 Å². The fourth-order valence-electron chi connectivity index (χ4n) is 2.64. The Morgan fingerprint density at radius 3 is 1.61 bits per heavy atom. The molecule has 0 saturated carbocycles. The van der Waals surface area contributed by atoms with E-state index in [0.717, 1.165) is 12.5 Å². The second kappa shape index (κ2) is 5.63. The fraction of sp³-hybridized carbons (Fsp3) is 1.00. The molecule has 0 spiro atoms. The van der Waals surface area contributed by atoms with Gasteiger partial charge < -0.3 is 0 Å². The molecule has 0 atom stereocenters. The highest BCUT2D eigenvalue weighted by Gasteiger charge is 2.47. The van der Waals surface area contributed by atoms with Crippen molar-refractivity contribution in [1.82, 2.24) is 0 Å². The van der Waals surface area contributed by atoms with E-state index in [0.29, 0.717) is 16.5 Å². The zero-order chi connectivity index (χ0) is 14.8. The third kappa shape index (κ3) is 5.01. The maximum Gasteiger partial charge on any atom is 0.264 e. The first kappa shape index (κ1) is 18.1. The molecule has 0 radical (unpaired) electrons. The predicted molar refractivity (Wildman–Crippen MR) is 81.5 cm³/mol. The molecule has 1 N–H and O–H groups in total. The van der Waals surface area contributed by atoms with Crippen LogP contribution in [0.3, 0.4) is 0 Å². The van der Waals surface area contributed by atoms with Gasteiger partial charge in [-0.15, -0.1) is 0 Å². The summed E-state index contributed by atoms with van der Waals surface area (Å²) in [5, 5.41) is 0.590. The third-order valence-electron chi connectivity index (χ3n) is 4.64. The average Bonchev–Trinajstić information content (AvgIpc) is 2.06. The lowest BCUT2D eigenvalue weighted by Gasteiger charge is -2.50. The first-order valence-electron chi connectivity index (χ1n) is 6.66. The van der Waals surface area contributed by atoms with Crippen LogP contribution in [-0.4, -0.2) is 26.8 Å². The minimum Gasteiger partial charge on any atom is -0.286 e. The van der Waals surface area contributed by atoms with Crippen molar-refractivity contribution in [3.05, 3.63) is 0 Å². The lowest BCUT2D eigenvalue weighted by Crippen LogP contribution is -2.48. The predicted octanol–water partition coefficient (Wildman–Crippen LogP) is 4.33. The van der Waals surface area contributed by atoms with E-state index in [4.69, 9.17) is 4.55 Å². The molecule has 0 aliphatic carbocycles. The van der Waals surface area contributed by atoms with Gasteiger partial charge in [-0.25, -0.2) is 0 Å². The van der Waals surface area contributed by atoms with Crippen LogP contribution in [0.1, 0.15) is 54.4 Å². The molecule has 0 unspecified atom stereocenters. The number of unbranched alkanes of at least 4 members (excludes halogenated alkanes) is 1. The lowest BCUT2D eigenvalue weighted by molar-refractivity contribution is 0.480. The molecule has 0 saturated heterocycles. The van der Waals surface area contributed by atoms with Crippen LogP contribution in [0.15, 0.2) is 0 Å². The summed E-state index contributed by atoms with van der Waals surface area (Å²) < 4.78 is 30.2.